The third-order valence-corrected chi connectivity index (χ3v) is 8.56. The Morgan fingerprint density at radius 3 is 2.56 bits per heavy atom. The quantitative estimate of drug-likeness (QED) is 0.306. The van der Waals surface area contributed by atoms with Crippen LogP contribution in [-0.2, 0) is 9.39 Å². The largest absolute Gasteiger partial charge is 0.508 e. The summed E-state index contributed by atoms with van der Waals surface area (Å²) in [5.41, 5.74) is 5.53. The lowest BCUT2D eigenvalue weighted by molar-refractivity contribution is 0.0585. The molecule has 4 atom stereocenters. The number of hydrogen-bond acceptors (Lipinski definition) is 7. The van der Waals surface area contributed by atoms with Crippen molar-refractivity contribution in [2.45, 2.75) is 31.7 Å². The molecule has 0 spiro atoms. The maximum absolute atomic E-state index is 13.8. The molecule has 3 aliphatic rings. The molecular formula is C33H32BNO6. The van der Waals surface area contributed by atoms with E-state index in [1.54, 1.807) is 55.8 Å². The van der Waals surface area contributed by atoms with E-state index < -0.39 is 25.1 Å². The number of carbonyl (C=O) groups excluding carboxylic acids is 2. The van der Waals surface area contributed by atoms with Gasteiger partial charge in [-0.25, -0.2) is 0 Å². The van der Waals surface area contributed by atoms with Gasteiger partial charge in [-0.15, -0.1) is 0 Å². The zero-order chi connectivity index (χ0) is 28.5. The van der Waals surface area contributed by atoms with Crippen molar-refractivity contribution in [2.24, 2.45) is 17.8 Å². The van der Waals surface area contributed by atoms with Crippen LogP contribution in [0.25, 0.3) is 11.6 Å². The van der Waals surface area contributed by atoms with Crippen molar-refractivity contribution in [1.82, 2.24) is 4.98 Å². The molecule has 41 heavy (non-hydrogen) atoms. The minimum absolute atomic E-state index is 0.0122. The lowest BCUT2D eigenvalue weighted by Gasteiger charge is -2.47. The topological polar surface area (TPSA) is 106 Å². The third-order valence-electron chi connectivity index (χ3n) is 8.56. The smallest absolute Gasteiger partial charge is 0.455 e. The molecule has 3 aromatic rings. The second-order valence-electron chi connectivity index (χ2n) is 11.0. The van der Waals surface area contributed by atoms with E-state index in [0.29, 0.717) is 37.0 Å². The number of ketones is 2. The Kier molecular flexibility index (Phi) is 7.71. The van der Waals surface area contributed by atoms with Crippen LogP contribution in [-0.4, -0.2) is 53.6 Å². The summed E-state index contributed by atoms with van der Waals surface area (Å²) < 4.78 is 11.7. The number of Topliss-reactive ketones (excluding diaryl/α,β-unsaturated/α-hetero) is 2. The molecule has 0 unspecified atom stereocenters. The highest BCUT2D eigenvalue weighted by Gasteiger charge is 2.53. The van der Waals surface area contributed by atoms with Crippen LogP contribution >= 0.6 is 0 Å². The summed E-state index contributed by atoms with van der Waals surface area (Å²) in [4.78, 5) is 32.0. The van der Waals surface area contributed by atoms with Gasteiger partial charge in [-0.2, -0.15) is 0 Å². The van der Waals surface area contributed by atoms with Gasteiger partial charge in [0.25, 0.3) is 0 Å². The summed E-state index contributed by atoms with van der Waals surface area (Å²) in [7, 11) is 0.576. The number of benzene rings is 2. The molecule has 0 saturated carbocycles. The summed E-state index contributed by atoms with van der Waals surface area (Å²) in [6.45, 7) is 0.334. The molecule has 2 aliphatic carbocycles. The van der Waals surface area contributed by atoms with Gasteiger partial charge in [-0.3, -0.25) is 14.6 Å². The second kappa shape index (κ2) is 11.6. The number of fused-ring (bicyclic) bond motifs is 4. The second-order valence-corrected chi connectivity index (χ2v) is 11.0. The van der Waals surface area contributed by atoms with Crippen molar-refractivity contribution in [1.29, 1.82) is 0 Å². The van der Waals surface area contributed by atoms with Crippen LogP contribution in [0.1, 0.15) is 51.2 Å². The fraction of sp³-hybridized carbons (Fsp3) is 0.303. The van der Waals surface area contributed by atoms with Gasteiger partial charge >= 0.3 is 7.12 Å². The highest BCUT2D eigenvalue weighted by atomic mass is 16.5. The number of hydrogen-bond donors (Lipinski definition) is 2. The standard InChI is InChI=1S/C33H32BNO6/c1-40-19-22-17-26-31(33(38)25-10-3-2-9-24(25)32(26)37)27-18-34(39)41-29(30(22)27)13-12-21(28-11-4-5-14-35-28)15-20-7-6-8-23(36)16-20/h2-11,14-16,26-27,29,31,36,39H,12-13,17-19H2,1H3/b21-15-/t26-,27+,29-,31-/m1/s1. The Balaban J connectivity index is 1.36. The van der Waals surface area contributed by atoms with E-state index in [4.69, 9.17) is 9.39 Å². The average Bonchev–Trinajstić information content (AvgIpc) is 2.98. The van der Waals surface area contributed by atoms with Crippen molar-refractivity contribution in [3.63, 3.8) is 0 Å². The first kappa shape index (κ1) is 27.3. The number of carbonyl (C=O) groups is 2. The Labute approximate surface area is 239 Å². The summed E-state index contributed by atoms with van der Waals surface area (Å²) >= 11 is 0. The van der Waals surface area contributed by atoms with Crippen LogP contribution in [0.3, 0.4) is 0 Å². The number of rotatable bonds is 7. The number of aromatic nitrogens is 1. The van der Waals surface area contributed by atoms with Crippen molar-refractivity contribution >= 4 is 30.3 Å². The van der Waals surface area contributed by atoms with Gasteiger partial charge < -0.3 is 19.5 Å². The Morgan fingerprint density at radius 1 is 1.05 bits per heavy atom. The summed E-state index contributed by atoms with van der Waals surface area (Å²) in [5, 5.41) is 20.9. The lowest BCUT2D eigenvalue weighted by Crippen LogP contribution is -2.51. The first-order chi connectivity index (χ1) is 19.9. The van der Waals surface area contributed by atoms with Crippen molar-refractivity contribution in [3.8, 4) is 5.75 Å². The molecule has 1 aromatic heterocycles. The fourth-order valence-corrected chi connectivity index (χ4v) is 6.90. The molecule has 0 bridgehead atoms. The molecule has 1 saturated heterocycles. The van der Waals surface area contributed by atoms with E-state index in [9.17, 15) is 19.7 Å². The summed E-state index contributed by atoms with van der Waals surface area (Å²) in [6, 6.07) is 19.8. The van der Waals surface area contributed by atoms with Crippen LogP contribution in [0.15, 0.2) is 84.1 Å². The van der Waals surface area contributed by atoms with Crippen LogP contribution < -0.4 is 0 Å². The number of pyridine rings is 1. The number of aromatic hydroxyl groups is 1. The van der Waals surface area contributed by atoms with Crippen molar-refractivity contribution in [2.75, 3.05) is 13.7 Å². The van der Waals surface area contributed by atoms with E-state index in [1.165, 1.54) is 0 Å². The fourth-order valence-electron chi connectivity index (χ4n) is 6.90. The molecule has 208 valence electrons. The van der Waals surface area contributed by atoms with Gasteiger partial charge in [0.2, 0.25) is 0 Å². The lowest BCUT2D eigenvalue weighted by atomic mass is 9.54. The number of allylic oxidation sites excluding steroid dienone is 1. The van der Waals surface area contributed by atoms with Gasteiger partial charge in [0.1, 0.15) is 5.75 Å². The molecule has 1 fully saturated rings. The van der Waals surface area contributed by atoms with Gasteiger partial charge in [0.15, 0.2) is 11.6 Å². The number of phenols is 1. The third kappa shape index (κ3) is 5.31. The van der Waals surface area contributed by atoms with Gasteiger partial charge in [0, 0.05) is 36.3 Å². The molecular weight excluding hydrogens is 517 g/mol. The summed E-state index contributed by atoms with van der Waals surface area (Å²) in [5.74, 6) is -1.19. The average molecular weight is 549 g/mol. The van der Waals surface area contributed by atoms with Crippen LogP contribution in [0, 0.1) is 17.8 Å². The van der Waals surface area contributed by atoms with Gasteiger partial charge in [-0.1, -0.05) is 42.5 Å². The Morgan fingerprint density at radius 2 is 1.83 bits per heavy atom. The Hall–Kier alpha value is -3.85. The minimum Gasteiger partial charge on any atom is -0.508 e. The molecule has 8 heteroatoms. The molecule has 7 nitrogen and oxygen atoms in total. The van der Waals surface area contributed by atoms with E-state index >= 15 is 0 Å². The first-order valence-corrected chi connectivity index (χ1v) is 14.1. The summed E-state index contributed by atoms with van der Waals surface area (Å²) in [6.07, 6.45) is 5.09. The van der Waals surface area contributed by atoms with Crippen molar-refractivity contribution < 1.29 is 29.1 Å². The number of nitrogens with zero attached hydrogens (tertiary/aromatic N) is 1. The predicted molar refractivity (Wildman–Crippen MR) is 156 cm³/mol. The minimum atomic E-state index is -1.05. The maximum atomic E-state index is 13.8. The molecule has 0 amide bonds. The molecule has 2 aromatic carbocycles. The van der Waals surface area contributed by atoms with Crippen LogP contribution in [0.4, 0.5) is 0 Å². The van der Waals surface area contributed by atoms with Crippen LogP contribution in [0.5, 0.6) is 5.75 Å². The number of ether oxygens (including phenoxy) is 1. The SMILES string of the molecule is COCC1=C2[C@@H](CC/C(=C/c3cccc(O)c3)c3ccccn3)OB(O)C[C@@H]2[C@@H]2C(=O)c3ccccc3C(=O)[C@@H]2C1. The van der Waals surface area contributed by atoms with Gasteiger partial charge in [0.05, 0.1) is 18.4 Å². The molecule has 1 aliphatic heterocycles. The molecule has 2 N–H and O–H groups in total. The Bertz CT molecular complexity index is 1530. The normalized spacial score (nSPS) is 24.1. The number of methoxy groups -OCH3 is 1. The molecule has 0 radical (unpaired) electrons. The highest BCUT2D eigenvalue weighted by Crippen LogP contribution is 2.51. The van der Waals surface area contributed by atoms with Crippen LogP contribution in [0.2, 0.25) is 6.32 Å². The first-order valence-electron chi connectivity index (χ1n) is 14.1. The van der Waals surface area contributed by atoms with Crippen molar-refractivity contribution in [3.05, 3.63) is 106 Å². The van der Waals surface area contributed by atoms with Gasteiger partial charge in [-0.05, 0) is 84.1 Å². The zero-order valence-corrected chi connectivity index (χ0v) is 22.9. The van der Waals surface area contributed by atoms with E-state index in [2.05, 4.69) is 4.98 Å². The number of phenolic OH excluding ortho intramolecular Hbond substituents is 1. The maximum Gasteiger partial charge on any atom is 0.455 e. The van der Waals surface area contributed by atoms with E-state index in [0.717, 1.165) is 28.0 Å². The monoisotopic (exact) mass is 549 g/mol. The van der Waals surface area contributed by atoms with E-state index in [1.807, 2.05) is 30.3 Å². The predicted octanol–water partition coefficient (Wildman–Crippen LogP) is 5.26. The zero-order valence-electron chi connectivity index (χ0n) is 22.9. The highest BCUT2D eigenvalue weighted by molar-refractivity contribution is 6.43. The molecule has 6 rings (SSSR count). The van der Waals surface area contributed by atoms with E-state index in [-0.39, 0.29) is 29.6 Å². The molecule has 2 heterocycles.